The van der Waals surface area contributed by atoms with E-state index in [1.807, 2.05) is 25.2 Å². The molecule has 0 saturated heterocycles. The normalized spacial score (nSPS) is 12.4. The van der Waals surface area contributed by atoms with Gasteiger partial charge in [-0.1, -0.05) is 18.2 Å². The SMILES string of the molecule is CCOC(=O)C(C#N)(CCCN(C)CCc1cccc(C(=O)OC)c1)c1ccc(OC)c(OC)c1. The Kier molecular flexibility index (Phi) is 10.6. The lowest BCUT2D eigenvalue weighted by Crippen LogP contribution is -2.37. The molecule has 0 saturated carbocycles. The second kappa shape index (κ2) is 13.4. The monoisotopic (exact) mass is 482 g/mol. The van der Waals surface area contributed by atoms with E-state index in [-0.39, 0.29) is 12.6 Å². The van der Waals surface area contributed by atoms with Crippen molar-refractivity contribution in [2.75, 3.05) is 48.1 Å². The minimum Gasteiger partial charge on any atom is -0.493 e. The average Bonchev–Trinajstić information content (AvgIpc) is 2.89. The zero-order valence-corrected chi connectivity index (χ0v) is 21.1. The van der Waals surface area contributed by atoms with Gasteiger partial charge in [-0.2, -0.15) is 5.26 Å². The van der Waals surface area contributed by atoms with Crippen molar-refractivity contribution in [3.05, 3.63) is 59.2 Å². The van der Waals surface area contributed by atoms with Crippen LogP contribution in [0.15, 0.2) is 42.5 Å². The minimum absolute atomic E-state index is 0.181. The molecule has 8 nitrogen and oxygen atoms in total. The predicted octanol–water partition coefficient (Wildman–Crippen LogP) is 3.77. The van der Waals surface area contributed by atoms with Crippen LogP contribution in [0.1, 0.15) is 41.3 Å². The fourth-order valence-corrected chi connectivity index (χ4v) is 3.90. The summed E-state index contributed by atoms with van der Waals surface area (Å²) < 4.78 is 20.8. The number of nitriles is 1. The highest BCUT2D eigenvalue weighted by atomic mass is 16.5. The molecule has 0 fully saturated rings. The number of benzene rings is 2. The summed E-state index contributed by atoms with van der Waals surface area (Å²) in [4.78, 5) is 26.9. The van der Waals surface area contributed by atoms with Gasteiger partial charge in [-0.15, -0.1) is 0 Å². The van der Waals surface area contributed by atoms with Crippen LogP contribution in [0.3, 0.4) is 0 Å². The highest BCUT2D eigenvalue weighted by Crippen LogP contribution is 2.37. The van der Waals surface area contributed by atoms with Crippen LogP contribution in [-0.4, -0.2) is 64.9 Å². The third kappa shape index (κ3) is 6.96. The van der Waals surface area contributed by atoms with Crippen molar-refractivity contribution in [1.29, 1.82) is 5.26 Å². The van der Waals surface area contributed by atoms with Gasteiger partial charge in [-0.3, -0.25) is 0 Å². The van der Waals surface area contributed by atoms with Crippen LogP contribution in [-0.2, 0) is 26.1 Å². The van der Waals surface area contributed by atoms with E-state index >= 15 is 0 Å². The number of carbonyl (C=O) groups excluding carboxylic acids is 2. The number of hydrogen-bond acceptors (Lipinski definition) is 8. The standard InChI is InChI=1S/C27H34N2O6/c1-6-35-26(31)27(19-28,22-11-12-23(32-3)24(18-22)33-4)14-8-15-29(2)16-13-20-9-7-10-21(17-20)25(30)34-5/h7,9-12,17-18H,6,8,13-16H2,1-5H3. The van der Waals surface area contributed by atoms with E-state index in [1.54, 1.807) is 31.2 Å². The number of rotatable bonds is 13. The zero-order valence-electron chi connectivity index (χ0n) is 21.1. The molecule has 1 unspecified atom stereocenters. The first kappa shape index (κ1) is 27.7. The quantitative estimate of drug-likeness (QED) is 0.398. The van der Waals surface area contributed by atoms with Crippen molar-refractivity contribution >= 4 is 11.9 Å². The number of esters is 2. The molecule has 0 N–H and O–H groups in total. The molecular formula is C27H34N2O6. The number of hydrogen-bond donors (Lipinski definition) is 0. The summed E-state index contributed by atoms with van der Waals surface area (Å²) in [5, 5.41) is 10.2. The van der Waals surface area contributed by atoms with E-state index in [4.69, 9.17) is 18.9 Å². The lowest BCUT2D eigenvalue weighted by Gasteiger charge is -2.27. The van der Waals surface area contributed by atoms with Gasteiger partial charge in [0.15, 0.2) is 16.9 Å². The van der Waals surface area contributed by atoms with Gasteiger partial charge < -0.3 is 23.8 Å². The molecule has 2 aromatic rings. The maximum absolute atomic E-state index is 13.0. The molecule has 0 aliphatic rings. The van der Waals surface area contributed by atoms with Gasteiger partial charge in [-0.05, 0) is 75.2 Å². The third-order valence-electron chi connectivity index (χ3n) is 5.91. The fourth-order valence-electron chi connectivity index (χ4n) is 3.90. The van der Waals surface area contributed by atoms with Crippen LogP contribution in [0.2, 0.25) is 0 Å². The zero-order chi connectivity index (χ0) is 25.8. The van der Waals surface area contributed by atoms with E-state index in [1.165, 1.54) is 21.3 Å². The van der Waals surface area contributed by atoms with Crippen LogP contribution in [0.25, 0.3) is 0 Å². The Hall–Kier alpha value is -3.57. The summed E-state index contributed by atoms with van der Waals surface area (Å²) >= 11 is 0. The summed E-state index contributed by atoms with van der Waals surface area (Å²) in [6, 6.07) is 14.7. The molecule has 35 heavy (non-hydrogen) atoms. The lowest BCUT2D eigenvalue weighted by atomic mass is 9.77. The van der Waals surface area contributed by atoms with Crippen molar-refractivity contribution in [3.8, 4) is 17.6 Å². The van der Waals surface area contributed by atoms with Crippen molar-refractivity contribution in [1.82, 2.24) is 4.90 Å². The molecule has 0 bridgehead atoms. The topological polar surface area (TPSA) is 98.1 Å². The van der Waals surface area contributed by atoms with Crippen LogP contribution >= 0.6 is 0 Å². The number of methoxy groups -OCH3 is 3. The summed E-state index contributed by atoms with van der Waals surface area (Å²) in [7, 11) is 6.39. The molecule has 0 aliphatic carbocycles. The van der Waals surface area contributed by atoms with Crippen molar-refractivity contribution in [2.24, 2.45) is 0 Å². The summed E-state index contributed by atoms with van der Waals surface area (Å²) in [6.45, 7) is 3.32. The molecular weight excluding hydrogens is 448 g/mol. The first-order valence-electron chi connectivity index (χ1n) is 11.5. The van der Waals surface area contributed by atoms with E-state index in [0.29, 0.717) is 42.0 Å². The number of ether oxygens (including phenoxy) is 4. The molecule has 188 valence electrons. The number of carbonyl (C=O) groups is 2. The Morgan fingerprint density at radius 3 is 2.40 bits per heavy atom. The molecule has 8 heteroatoms. The lowest BCUT2D eigenvalue weighted by molar-refractivity contribution is -0.148. The van der Waals surface area contributed by atoms with E-state index in [9.17, 15) is 14.9 Å². The molecule has 0 spiro atoms. The van der Waals surface area contributed by atoms with Gasteiger partial charge in [-0.25, -0.2) is 9.59 Å². The number of nitrogens with zero attached hydrogens (tertiary/aromatic N) is 2. The Labute approximate surface area is 207 Å². The largest absolute Gasteiger partial charge is 0.493 e. The second-order valence-corrected chi connectivity index (χ2v) is 8.16. The van der Waals surface area contributed by atoms with Gasteiger partial charge in [0.05, 0.1) is 39.6 Å². The summed E-state index contributed by atoms with van der Waals surface area (Å²) in [5.74, 6) is 0.0300. The van der Waals surface area contributed by atoms with Crippen LogP contribution < -0.4 is 9.47 Å². The summed E-state index contributed by atoms with van der Waals surface area (Å²) in [5.41, 5.74) is 0.614. The van der Waals surface area contributed by atoms with Gasteiger partial charge in [0.25, 0.3) is 0 Å². The maximum Gasteiger partial charge on any atom is 0.337 e. The molecule has 2 aromatic carbocycles. The van der Waals surface area contributed by atoms with Crippen LogP contribution in [0.5, 0.6) is 11.5 Å². The van der Waals surface area contributed by atoms with Gasteiger partial charge >= 0.3 is 11.9 Å². The van der Waals surface area contributed by atoms with Gasteiger partial charge in [0, 0.05) is 6.54 Å². The Bertz CT molecular complexity index is 1050. The Balaban J connectivity index is 2.10. The molecule has 2 rings (SSSR count). The highest BCUT2D eigenvalue weighted by molar-refractivity contribution is 5.89. The molecule has 0 aromatic heterocycles. The predicted molar refractivity (Wildman–Crippen MR) is 132 cm³/mol. The minimum atomic E-state index is -1.45. The van der Waals surface area contributed by atoms with Gasteiger partial charge in [0.1, 0.15) is 0 Å². The molecule has 0 amide bonds. The molecule has 1 atom stereocenters. The van der Waals surface area contributed by atoms with E-state index in [2.05, 4.69) is 11.0 Å². The van der Waals surface area contributed by atoms with Crippen molar-refractivity contribution in [2.45, 2.75) is 31.6 Å². The third-order valence-corrected chi connectivity index (χ3v) is 5.91. The van der Waals surface area contributed by atoms with Crippen molar-refractivity contribution in [3.63, 3.8) is 0 Å². The van der Waals surface area contributed by atoms with Crippen LogP contribution in [0, 0.1) is 11.3 Å². The number of likely N-dealkylation sites (N-methyl/N-ethyl adjacent to an activating group) is 1. The first-order valence-corrected chi connectivity index (χ1v) is 11.5. The average molecular weight is 483 g/mol. The molecule has 0 aliphatic heterocycles. The van der Waals surface area contributed by atoms with E-state index in [0.717, 1.165) is 18.5 Å². The fraction of sp³-hybridized carbons (Fsp3) is 0.444. The Morgan fingerprint density at radius 2 is 1.77 bits per heavy atom. The smallest absolute Gasteiger partial charge is 0.337 e. The first-order chi connectivity index (χ1) is 16.8. The maximum atomic E-state index is 13.0. The Morgan fingerprint density at radius 1 is 1.03 bits per heavy atom. The molecule has 0 heterocycles. The van der Waals surface area contributed by atoms with Crippen molar-refractivity contribution < 1.29 is 28.5 Å². The summed E-state index contributed by atoms with van der Waals surface area (Å²) in [6.07, 6.45) is 1.64. The van der Waals surface area contributed by atoms with Crippen LogP contribution in [0.4, 0.5) is 0 Å². The second-order valence-electron chi connectivity index (χ2n) is 8.16. The molecule has 0 radical (unpaired) electrons. The highest BCUT2D eigenvalue weighted by Gasteiger charge is 2.42. The van der Waals surface area contributed by atoms with Gasteiger partial charge in [0.2, 0.25) is 0 Å². The van der Waals surface area contributed by atoms with E-state index < -0.39 is 11.4 Å².